The highest BCUT2D eigenvalue weighted by Crippen LogP contribution is 2.50. The van der Waals surface area contributed by atoms with Crippen LogP contribution < -0.4 is 5.32 Å². The van der Waals surface area contributed by atoms with Gasteiger partial charge in [-0.3, -0.25) is 0 Å². The van der Waals surface area contributed by atoms with Gasteiger partial charge in [-0.25, -0.2) is 23.5 Å². The number of aliphatic carboxylic acids is 1. The second-order valence-electron chi connectivity index (χ2n) is 8.31. The minimum absolute atomic E-state index is 0.0960. The molecule has 160 valence electrons. The van der Waals surface area contributed by atoms with Gasteiger partial charge in [-0.2, -0.15) is 0 Å². The second-order valence-corrected chi connectivity index (χ2v) is 8.72. The summed E-state index contributed by atoms with van der Waals surface area (Å²) in [5.41, 5.74) is -0.215. The summed E-state index contributed by atoms with van der Waals surface area (Å²) in [6.45, 7) is 1.98. The molecule has 1 aliphatic carbocycles. The molecule has 2 bridgehead atoms. The van der Waals surface area contributed by atoms with Crippen molar-refractivity contribution in [2.24, 2.45) is 5.92 Å². The number of nitrogens with one attached hydrogen (secondary N) is 1. The number of rotatable bonds is 3. The molecule has 6 rings (SSSR count). The van der Waals surface area contributed by atoms with Gasteiger partial charge in [0.1, 0.15) is 11.4 Å². The van der Waals surface area contributed by atoms with Gasteiger partial charge in [-0.05, 0) is 43.0 Å². The van der Waals surface area contributed by atoms with Gasteiger partial charge in [0.2, 0.25) is 0 Å². The molecule has 4 heterocycles. The number of anilines is 1. The number of halogens is 2. The molecule has 3 unspecified atom stereocenters. The molecular formula is C21H19ClFN5O3. The molecule has 3 aromatic rings. The van der Waals surface area contributed by atoms with Crippen LogP contribution in [-0.4, -0.2) is 48.2 Å². The molecular weight excluding hydrogens is 425 g/mol. The first-order valence-corrected chi connectivity index (χ1v) is 10.3. The SMILES string of the molecule is CC1CC2CC(C(=O)O)(C1)N2C(=O)Nc1cc(-c2ncc3cccn3n2)c(Cl)cc1F. The number of carbonyl (C=O) groups is 2. The van der Waals surface area contributed by atoms with E-state index in [4.69, 9.17) is 11.6 Å². The first kappa shape index (κ1) is 19.7. The zero-order chi connectivity index (χ0) is 21.9. The van der Waals surface area contributed by atoms with Crippen molar-refractivity contribution in [3.8, 4) is 11.4 Å². The average molecular weight is 444 g/mol. The summed E-state index contributed by atoms with van der Waals surface area (Å²) in [5.74, 6) is -1.29. The first-order valence-electron chi connectivity index (χ1n) is 9.92. The predicted octanol–water partition coefficient (Wildman–Crippen LogP) is 4.05. The quantitative estimate of drug-likeness (QED) is 0.636. The van der Waals surface area contributed by atoms with Crippen molar-refractivity contribution < 1.29 is 19.1 Å². The molecule has 3 fully saturated rings. The summed E-state index contributed by atoms with van der Waals surface area (Å²) in [4.78, 5) is 30.5. The van der Waals surface area contributed by atoms with Gasteiger partial charge in [0.25, 0.3) is 0 Å². The highest BCUT2D eigenvalue weighted by Gasteiger charge is 2.63. The standard InChI is InChI=1S/C21H19ClFN5O3/c1-11-5-13-9-21(8-11,19(29)30)28(13)20(31)25-17-6-14(15(22)7-16(17)23)18-24-10-12-3-2-4-27(12)26-18/h2-4,6-7,10-11,13H,5,8-9H2,1H3,(H,25,31)(H,29,30). The van der Waals surface area contributed by atoms with E-state index in [0.717, 1.165) is 18.0 Å². The number of hydrogen-bond donors (Lipinski definition) is 2. The van der Waals surface area contributed by atoms with Crippen molar-refractivity contribution in [3.05, 3.63) is 47.5 Å². The van der Waals surface area contributed by atoms with E-state index in [1.165, 1.54) is 11.0 Å². The van der Waals surface area contributed by atoms with Crippen LogP contribution in [0, 0.1) is 11.7 Å². The summed E-state index contributed by atoms with van der Waals surface area (Å²) in [7, 11) is 0. The Hall–Kier alpha value is -3.20. The third-order valence-electron chi connectivity index (χ3n) is 6.20. The number of urea groups is 1. The maximum absolute atomic E-state index is 14.6. The molecule has 2 N–H and O–H groups in total. The molecule has 2 aliphatic heterocycles. The number of aromatic nitrogens is 3. The van der Waals surface area contributed by atoms with E-state index in [9.17, 15) is 19.1 Å². The fraction of sp³-hybridized carbons (Fsp3) is 0.333. The van der Waals surface area contributed by atoms with E-state index in [2.05, 4.69) is 15.4 Å². The maximum atomic E-state index is 14.6. The lowest BCUT2D eigenvalue weighted by molar-refractivity contribution is -0.173. The number of piperidine rings is 1. The van der Waals surface area contributed by atoms with Crippen molar-refractivity contribution >= 4 is 34.8 Å². The Morgan fingerprint density at radius 1 is 1.35 bits per heavy atom. The first-order chi connectivity index (χ1) is 14.8. The van der Waals surface area contributed by atoms with E-state index in [0.29, 0.717) is 18.4 Å². The molecule has 3 atom stereocenters. The van der Waals surface area contributed by atoms with Crippen LogP contribution in [0.2, 0.25) is 5.02 Å². The van der Waals surface area contributed by atoms with Crippen LogP contribution in [0.3, 0.4) is 0 Å². The van der Waals surface area contributed by atoms with E-state index >= 15 is 0 Å². The number of benzene rings is 1. The fourth-order valence-electron chi connectivity index (χ4n) is 4.90. The lowest BCUT2D eigenvalue weighted by Gasteiger charge is -2.60. The number of fused-ring (bicyclic) bond motifs is 3. The zero-order valence-corrected chi connectivity index (χ0v) is 17.3. The Morgan fingerprint density at radius 3 is 2.94 bits per heavy atom. The lowest BCUT2D eigenvalue weighted by atomic mass is 9.64. The molecule has 2 saturated heterocycles. The van der Waals surface area contributed by atoms with Crippen LogP contribution in [0.1, 0.15) is 26.2 Å². The molecule has 3 aliphatic rings. The molecule has 31 heavy (non-hydrogen) atoms. The summed E-state index contributed by atoms with van der Waals surface area (Å²) in [6.07, 6.45) is 4.88. The van der Waals surface area contributed by atoms with Crippen molar-refractivity contribution in [3.63, 3.8) is 0 Å². The lowest BCUT2D eigenvalue weighted by Crippen LogP contribution is -2.75. The molecule has 1 aromatic carbocycles. The summed E-state index contributed by atoms with van der Waals surface area (Å²) in [6, 6.07) is 5.29. The summed E-state index contributed by atoms with van der Waals surface area (Å²) >= 11 is 6.23. The second kappa shape index (κ2) is 6.91. The van der Waals surface area contributed by atoms with Crippen molar-refractivity contribution in [2.45, 2.75) is 37.8 Å². The van der Waals surface area contributed by atoms with Gasteiger partial charge in [0.15, 0.2) is 5.82 Å². The number of carboxylic acids is 1. The Morgan fingerprint density at radius 2 is 2.16 bits per heavy atom. The minimum atomic E-state index is -1.24. The Kier molecular flexibility index (Phi) is 4.40. The van der Waals surface area contributed by atoms with Crippen LogP contribution in [-0.2, 0) is 4.79 Å². The predicted molar refractivity (Wildman–Crippen MR) is 111 cm³/mol. The molecule has 1 saturated carbocycles. The number of carboxylic acid groups (broad SMARTS) is 1. The summed E-state index contributed by atoms with van der Waals surface area (Å²) in [5, 5.41) is 16.8. The van der Waals surface area contributed by atoms with E-state index < -0.39 is 23.4 Å². The van der Waals surface area contributed by atoms with Gasteiger partial charge in [0, 0.05) is 24.2 Å². The third-order valence-corrected chi connectivity index (χ3v) is 6.51. The van der Waals surface area contributed by atoms with Crippen LogP contribution in [0.4, 0.5) is 14.9 Å². The van der Waals surface area contributed by atoms with Crippen molar-refractivity contribution in [1.29, 1.82) is 0 Å². The normalized spacial score (nSPS) is 24.7. The van der Waals surface area contributed by atoms with Gasteiger partial charge in [0.05, 0.1) is 22.4 Å². The van der Waals surface area contributed by atoms with E-state index in [-0.39, 0.29) is 28.5 Å². The smallest absolute Gasteiger partial charge is 0.329 e. The third kappa shape index (κ3) is 3.03. The van der Waals surface area contributed by atoms with E-state index in [1.54, 1.807) is 16.9 Å². The summed E-state index contributed by atoms with van der Waals surface area (Å²) < 4.78 is 16.2. The number of hydrogen-bond acceptors (Lipinski definition) is 4. The molecule has 2 amide bonds. The Labute approximate surface area is 181 Å². The monoisotopic (exact) mass is 443 g/mol. The fourth-order valence-corrected chi connectivity index (χ4v) is 5.13. The van der Waals surface area contributed by atoms with Gasteiger partial charge >= 0.3 is 12.0 Å². The zero-order valence-electron chi connectivity index (χ0n) is 16.5. The molecule has 10 heteroatoms. The highest BCUT2D eigenvalue weighted by molar-refractivity contribution is 6.33. The van der Waals surface area contributed by atoms with Gasteiger partial charge < -0.3 is 15.3 Å². The van der Waals surface area contributed by atoms with Crippen LogP contribution in [0.15, 0.2) is 36.7 Å². The maximum Gasteiger partial charge on any atom is 0.329 e. The molecule has 0 spiro atoms. The number of carbonyl (C=O) groups excluding carboxylic acids is 1. The molecule has 2 aromatic heterocycles. The topological polar surface area (TPSA) is 99.8 Å². The number of nitrogens with zero attached hydrogens (tertiary/aromatic N) is 4. The largest absolute Gasteiger partial charge is 0.479 e. The Bertz CT molecular complexity index is 1230. The van der Waals surface area contributed by atoms with Crippen LogP contribution in [0.5, 0.6) is 0 Å². The number of amides is 2. The Balaban J connectivity index is 1.46. The van der Waals surface area contributed by atoms with Crippen molar-refractivity contribution in [2.75, 3.05) is 5.32 Å². The highest BCUT2D eigenvalue weighted by atomic mass is 35.5. The molecule has 0 radical (unpaired) electrons. The minimum Gasteiger partial charge on any atom is -0.479 e. The van der Waals surface area contributed by atoms with Gasteiger partial charge in [-0.1, -0.05) is 18.5 Å². The van der Waals surface area contributed by atoms with Crippen LogP contribution >= 0.6 is 11.6 Å². The molecule has 8 nitrogen and oxygen atoms in total. The van der Waals surface area contributed by atoms with Crippen molar-refractivity contribution in [1.82, 2.24) is 19.5 Å². The van der Waals surface area contributed by atoms with E-state index in [1.807, 2.05) is 19.1 Å². The van der Waals surface area contributed by atoms with Gasteiger partial charge in [-0.15, -0.1) is 5.10 Å². The average Bonchev–Trinajstić information content (AvgIpc) is 3.17. The van der Waals surface area contributed by atoms with Crippen LogP contribution in [0.25, 0.3) is 16.9 Å².